The van der Waals surface area contributed by atoms with Crippen LogP contribution in [-0.2, 0) is 0 Å². The zero-order valence-corrected chi connectivity index (χ0v) is 17.1. The SMILES string of the molecule is O=C1c2c(Sc3ccccc3)cccc2C(=O)c2c(Nc3ccccc3)ccc(O)c21. The van der Waals surface area contributed by atoms with E-state index >= 15 is 0 Å². The van der Waals surface area contributed by atoms with Gasteiger partial charge in [-0.2, -0.15) is 0 Å². The minimum Gasteiger partial charge on any atom is -0.507 e. The summed E-state index contributed by atoms with van der Waals surface area (Å²) in [6.07, 6.45) is 0. The highest BCUT2D eigenvalue weighted by molar-refractivity contribution is 7.99. The van der Waals surface area contributed by atoms with Crippen LogP contribution in [0.1, 0.15) is 31.8 Å². The summed E-state index contributed by atoms with van der Waals surface area (Å²) < 4.78 is 0. The molecule has 31 heavy (non-hydrogen) atoms. The normalized spacial score (nSPS) is 12.3. The van der Waals surface area contributed by atoms with E-state index in [1.807, 2.05) is 66.7 Å². The number of phenols is 1. The quantitative estimate of drug-likeness (QED) is 0.344. The Morgan fingerprint density at radius 3 is 2.10 bits per heavy atom. The second kappa shape index (κ2) is 7.78. The number of hydrogen-bond donors (Lipinski definition) is 2. The minimum atomic E-state index is -0.349. The van der Waals surface area contributed by atoms with E-state index in [0.717, 1.165) is 10.6 Å². The summed E-state index contributed by atoms with van der Waals surface area (Å²) in [7, 11) is 0. The van der Waals surface area contributed by atoms with E-state index in [1.165, 1.54) is 17.8 Å². The molecular formula is C26H17NO3S. The second-order valence-corrected chi connectivity index (χ2v) is 8.24. The van der Waals surface area contributed by atoms with Crippen molar-refractivity contribution in [2.24, 2.45) is 0 Å². The maximum absolute atomic E-state index is 13.5. The Hall–Kier alpha value is -3.83. The smallest absolute Gasteiger partial charge is 0.199 e. The summed E-state index contributed by atoms with van der Waals surface area (Å²) in [5, 5.41) is 13.7. The van der Waals surface area contributed by atoms with Gasteiger partial charge in [-0.1, -0.05) is 60.3 Å². The van der Waals surface area contributed by atoms with Gasteiger partial charge in [-0.15, -0.1) is 0 Å². The number of aromatic hydroxyl groups is 1. The van der Waals surface area contributed by atoms with Crippen molar-refractivity contribution in [3.8, 4) is 5.75 Å². The fourth-order valence-electron chi connectivity index (χ4n) is 3.75. The number of anilines is 2. The molecule has 0 aromatic heterocycles. The Kier molecular flexibility index (Phi) is 4.81. The molecule has 4 nitrogen and oxygen atoms in total. The lowest BCUT2D eigenvalue weighted by Crippen LogP contribution is -2.23. The molecule has 4 aromatic carbocycles. The number of ketones is 2. The molecule has 0 saturated carbocycles. The number of carbonyl (C=O) groups excluding carboxylic acids is 2. The summed E-state index contributed by atoms with van der Waals surface area (Å²) in [5.41, 5.74) is 2.20. The third-order valence-electron chi connectivity index (χ3n) is 5.16. The van der Waals surface area contributed by atoms with Gasteiger partial charge in [0.25, 0.3) is 0 Å². The van der Waals surface area contributed by atoms with E-state index in [2.05, 4.69) is 5.32 Å². The van der Waals surface area contributed by atoms with Crippen LogP contribution in [0.3, 0.4) is 0 Å². The average molecular weight is 423 g/mol. The topological polar surface area (TPSA) is 66.4 Å². The molecule has 0 aliphatic heterocycles. The van der Waals surface area contributed by atoms with Crippen molar-refractivity contribution in [3.63, 3.8) is 0 Å². The lowest BCUT2D eigenvalue weighted by atomic mass is 9.82. The van der Waals surface area contributed by atoms with Crippen LogP contribution in [0.4, 0.5) is 11.4 Å². The van der Waals surface area contributed by atoms with Gasteiger partial charge < -0.3 is 10.4 Å². The summed E-state index contributed by atoms with van der Waals surface area (Å²) >= 11 is 1.43. The van der Waals surface area contributed by atoms with Gasteiger partial charge in [0.2, 0.25) is 0 Å². The minimum absolute atomic E-state index is 0.0412. The van der Waals surface area contributed by atoms with Crippen molar-refractivity contribution in [3.05, 3.63) is 113 Å². The largest absolute Gasteiger partial charge is 0.507 e. The lowest BCUT2D eigenvalue weighted by molar-refractivity contribution is 0.0975. The average Bonchev–Trinajstić information content (AvgIpc) is 2.80. The predicted molar refractivity (Wildman–Crippen MR) is 122 cm³/mol. The van der Waals surface area contributed by atoms with E-state index in [9.17, 15) is 14.7 Å². The van der Waals surface area contributed by atoms with Crippen molar-refractivity contribution >= 4 is 34.7 Å². The maximum Gasteiger partial charge on any atom is 0.199 e. The molecule has 4 aromatic rings. The molecule has 0 amide bonds. The molecule has 0 saturated heterocycles. The lowest BCUT2D eigenvalue weighted by Gasteiger charge is -2.23. The number of para-hydroxylation sites is 1. The first kappa shape index (κ1) is 19.2. The number of benzene rings is 4. The van der Waals surface area contributed by atoms with E-state index in [-0.39, 0.29) is 28.4 Å². The first-order chi connectivity index (χ1) is 15.1. The Morgan fingerprint density at radius 1 is 0.645 bits per heavy atom. The van der Waals surface area contributed by atoms with Crippen LogP contribution in [-0.4, -0.2) is 16.7 Å². The Bertz CT molecular complexity index is 1320. The highest BCUT2D eigenvalue weighted by atomic mass is 32.2. The number of hydrogen-bond acceptors (Lipinski definition) is 5. The number of rotatable bonds is 4. The van der Waals surface area contributed by atoms with Gasteiger partial charge >= 0.3 is 0 Å². The molecule has 0 spiro atoms. The van der Waals surface area contributed by atoms with Crippen LogP contribution in [0.25, 0.3) is 0 Å². The van der Waals surface area contributed by atoms with Crippen molar-refractivity contribution in [2.75, 3.05) is 5.32 Å². The van der Waals surface area contributed by atoms with E-state index in [0.29, 0.717) is 21.7 Å². The first-order valence-electron chi connectivity index (χ1n) is 9.77. The fourth-order valence-corrected chi connectivity index (χ4v) is 4.75. The molecule has 0 unspecified atom stereocenters. The highest BCUT2D eigenvalue weighted by Gasteiger charge is 2.36. The van der Waals surface area contributed by atoms with Gasteiger partial charge in [-0.25, -0.2) is 0 Å². The summed E-state index contributed by atoms with van der Waals surface area (Å²) in [6, 6.07) is 27.4. The standard InChI is InChI=1S/C26H17NO3S/c28-20-15-14-19(27-16-8-3-1-4-9-16)23-24(20)26(30)22-18(25(23)29)12-7-13-21(22)31-17-10-5-2-6-11-17/h1-15,27-28H. The molecule has 5 heteroatoms. The molecule has 5 rings (SSSR count). The number of nitrogens with one attached hydrogen (secondary N) is 1. The zero-order chi connectivity index (χ0) is 21.4. The summed E-state index contributed by atoms with van der Waals surface area (Å²) in [4.78, 5) is 28.7. The summed E-state index contributed by atoms with van der Waals surface area (Å²) in [6.45, 7) is 0. The maximum atomic E-state index is 13.5. The van der Waals surface area contributed by atoms with Gasteiger partial charge in [-0.05, 0) is 42.5 Å². The van der Waals surface area contributed by atoms with Crippen LogP contribution in [0.15, 0.2) is 101 Å². The molecule has 0 atom stereocenters. The molecule has 0 bridgehead atoms. The van der Waals surface area contributed by atoms with E-state index in [1.54, 1.807) is 18.2 Å². The van der Waals surface area contributed by atoms with Crippen LogP contribution in [0.2, 0.25) is 0 Å². The molecule has 2 N–H and O–H groups in total. The third kappa shape index (κ3) is 3.39. The van der Waals surface area contributed by atoms with Crippen molar-refractivity contribution in [1.29, 1.82) is 0 Å². The van der Waals surface area contributed by atoms with Crippen molar-refractivity contribution in [1.82, 2.24) is 0 Å². The number of carbonyl (C=O) groups is 2. The fraction of sp³-hybridized carbons (Fsp3) is 0. The first-order valence-corrected chi connectivity index (χ1v) is 10.6. The van der Waals surface area contributed by atoms with Gasteiger partial charge in [0, 0.05) is 26.6 Å². The molecule has 0 fully saturated rings. The Morgan fingerprint density at radius 2 is 1.35 bits per heavy atom. The highest BCUT2D eigenvalue weighted by Crippen LogP contribution is 2.42. The Balaban J connectivity index is 1.64. The molecule has 150 valence electrons. The summed E-state index contributed by atoms with van der Waals surface area (Å²) in [5.74, 6) is -0.829. The molecular weight excluding hydrogens is 406 g/mol. The Labute approximate surface area is 183 Å². The zero-order valence-electron chi connectivity index (χ0n) is 16.3. The van der Waals surface area contributed by atoms with Crippen molar-refractivity contribution < 1.29 is 14.7 Å². The molecule has 1 aliphatic rings. The van der Waals surface area contributed by atoms with E-state index < -0.39 is 0 Å². The van der Waals surface area contributed by atoms with Crippen LogP contribution in [0, 0.1) is 0 Å². The van der Waals surface area contributed by atoms with Gasteiger partial charge in [0.1, 0.15) is 5.75 Å². The predicted octanol–water partition coefficient (Wildman–Crippen LogP) is 6.06. The monoisotopic (exact) mass is 423 g/mol. The van der Waals surface area contributed by atoms with Crippen LogP contribution >= 0.6 is 11.8 Å². The van der Waals surface area contributed by atoms with Crippen LogP contribution < -0.4 is 5.32 Å². The van der Waals surface area contributed by atoms with Gasteiger partial charge in [0.05, 0.1) is 16.8 Å². The molecule has 0 radical (unpaired) electrons. The molecule has 0 heterocycles. The van der Waals surface area contributed by atoms with Gasteiger partial charge in [0.15, 0.2) is 11.6 Å². The van der Waals surface area contributed by atoms with Gasteiger partial charge in [-0.3, -0.25) is 9.59 Å². The van der Waals surface area contributed by atoms with Crippen molar-refractivity contribution in [2.45, 2.75) is 9.79 Å². The molecule has 1 aliphatic carbocycles. The van der Waals surface area contributed by atoms with E-state index in [4.69, 9.17) is 0 Å². The van der Waals surface area contributed by atoms with Crippen LogP contribution in [0.5, 0.6) is 5.75 Å². The number of fused-ring (bicyclic) bond motifs is 2. The number of phenolic OH excluding ortho intramolecular Hbond substituents is 1. The second-order valence-electron chi connectivity index (χ2n) is 7.13. The third-order valence-corrected chi connectivity index (χ3v) is 6.23.